The van der Waals surface area contributed by atoms with Crippen LogP contribution in [0.3, 0.4) is 0 Å². The van der Waals surface area contributed by atoms with Gasteiger partial charge in [-0.3, -0.25) is 0 Å². The summed E-state index contributed by atoms with van der Waals surface area (Å²) in [6, 6.07) is 5.41. The lowest BCUT2D eigenvalue weighted by Crippen LogP contribution is -2.20. The molecule has 0 bridgehead atoms. The van der Waals surface area contributed by atoms with Crippen molar-refractivity contribution in [3.8, 4) is 0 Å². The van der Waals surface area contributed by atoms with Crippen molar-refractivity contribution in [2.75, 3.05) is 0 Å². The highest BCUT2D eigenvalue weighted by molar-refractivity contribution is 5.28. The summed E-state index contributed by atoms with van der Waals surface area (Å²) in [4.78, 5) is 0. The van der Waals surface area contributed by atoms with Crippen molar-refractivity contribution in [3.05, 3.63) is 47.0 Å². The molecule has 2 aromatic rings. The average molecular weight is 295 g/mol. The molecule has 0 saturated carbocycles. The van der Waals surface area contributed by atoms with Crippen LogP contribution < -0.4 is 0 Å². The van der Waals surface area contributed by atoms with Gasteiger partial charge in [-0.1, -0.05) is 25.1 Å². The number of aryl methyl sites for hydroxylation is 1. The van der Waals surface area contributed by atoms with E-state index in [0.29, 0.717) is 17.9 Å². The Morgan fingerprint density at radius 1 is 1.29 bits per heavy atom. The number of hydrogen-bond acceptors (Lipinski definition) is 2. The van der Waals surface area contributed by atoms with Crippen molar-refractivity contribution in [2.24, 2.45) is 5.92 Å². The number of benzene rings is 1. The SMILES string of the molecule is CC1CCc2nnc(Cc3cccc(C(F)(F)F)c3)n2C1. The maximum atomic E-state index is 12.7. The van der Waals surface area contributed by atoms with E-state index in [1.807, 2.05) is 0 Å². The first kappa shape index (κ1) is 14.1. The molecule has 0 spiro atoms. The van der Waals surface area contributed by atoms with Gasteiger partial charge in [-0.25, -0.2) is 0 Å². The number of aromatic nitrogens is 3. The zero-order valence-corrected chi connectivity index (χ0v) is 11.7. The first-order valence-electron chi connectivity index (χ1n) is 7.00. The Labute approximate surface area is 120 Å². The molecule has 1 aromatic carbocycles. The van der Waals surface area contributed by atoms with Crippen LogP contribution >= 0.6 is 0 Å². The van der Waals surface area contributed by atoms with E-state index in [1.165, 1.54) is 12.1 Å². The quantitative estimate of drug-likeness (QED) is 0.849. The summed E-state index contributed by atoms with van der Waals surface area (Å²) in [5, 5.41) is 8.30. The van der Waals surface area contributed by atoms with Crippen LogP contribution in [0.15, 0.2) is 24.3 Å². The van der Waals surface area contributed by atoms with Gasteiger partial charge in [0.25, 0.3) is 0 Å². The van der Waals surface area contributed by atoms with E-state index in [0.717, 1.165) is 37.1 Å². The third-order valence-corrected chi connectivity index (χ3v) is 3.88. The Balaban J connectivity index is 1.86. The molecule has 1 aliphatic rings. The molecule has 112 valence electrons. The summed E-state index contributed by atoms with van der Waals surface area (Å²) in [5.41, 5.74) is -0.00926. The Morgan fingerprint density at radius 3 is 2.86 bits per heavy atom. The molecule has 21 heavy (non-hydrogen) atoms. The minimum atomic E-state index is -4.31. The zero-order valence-electron chi connectivity index (χ0n) is 11.7. The highest BCUT2D eigenvalue weighted by Gasteiger charge is 2.30. The molecule has 0 saturated heterocycles. The number of alkyl halides is 3. The molecular weight excluding hydrogens is 279 g/mol. The molecule has 1 atom stereocenters. The lowest BCUT2D eigenvalue weighted by molar-refractivity contribution is -0.137. The molecule has 1 unspecified atom stereocenters. The van der Waals surface area contributed by atoms with E-state index >= 15 is 0 Å². The highest BCUT2D eigenvalue weighted by atomic mass is 19.4. The van der Waals surface area contributed by atoms with E-state index in [9.17, 15) is 13.2 Å². The van der Waals surface area contributed by atoms with Crippen LogP contribution in [-0.4, -0.2) is 14.8 Å². The van der Waals surface area contributed by atoms with E-state index in [-0.39, 0.29) is 0 Å². The standard InChI is InChI=1S/C15H16F3N3/c1-10-5-6-13-19-20-14(21(13)9-10)8-11-3-2-4-12(7-11)15(16,17)18/h2-4,7,10H,5-6,8-9H2,1H3. The summed E-state index contributed by atoms with van der Waals surface area (Å²) in [7, 11) is 0. The van der Waals surface area contributed by atoms with Gasteiger partial charge in [0.2, 0.25) is 0 Å². The molecule has 1 aliphatic heterocycles. The highest BCUT2D eigenvalue weighted by Crippen LogP contribution is 2.30. The van der Waals surface area contributed by atoms with Crippen LogP contribution in [-0.2, 0) is 25.6 Å². The maximum absolute atomic E-state index is 12.7. The van der Waals surface area contributed by atoms with Crippen LogP contribution in [0.5, 0.6) is 0 Å². The smallest absolute Gasteiger partial charge is 0.314 e. The van der Waals surface area contributed by atoms with Crippen LogP contribution in [0.1, 0.15) is 36.1 Å². The summed E-state index contributed by atoms with van der Waals surface area (Å²) in [6.45, 7) is 3.01. The van der Waals surface area contributed by atoms with Crippen LogP contribution in [0.2, 0.25) is 0 Å². The lowest BCUT2D eigenvalue weighted by atomic mass is 10.0. The molecule has 0 radical (unpaired) electrons. The van der Waals surface area contributed by atoms with Gasteiger partial charge in [0.1, 0.15) is 11.6 Å². The Hall–Kier alpha value is -1.85. The molecule has 0 fully saturated rings. The lowest BCUT2D eigenvalue weighted by Gasteiger charge is -2.20. The first-order valence-corrected chi connectivity index (χ1v) is 7.00. The summed E-state index contributed by atoms with van der Waals surface area (Å²) in [5.74, 6) is 2.24. The van der Waals surface area contributed by atoms with E-state index < -0.39 is 11.7 Å². The fraction of sp³-hybridized carbons (Fsp3) is 0.467. The second-order valence-corrected chi connectivity index (χ2v) is 5.66. The largest absolute Gasteiger partial charge is 0.416 e. The second kappa shape index (κ2) is 5.16. The Kier molecular flexibility index (Phi) is 3.47. The topological polar surface area (TPSA) is 30.7 Å². The summed E-state index contributed by atoms with van der Waals surface area (Å²) >= 11 is 0. The van der Waals surface area contributed by atoms with Crippen molar-refractivity contribution in [3.63, 3.8) is 0 Å². The minimum Gasteiger partial charge on any atom is -0.314 e. The predicted octanol–water partition coefficient (Wildman–Crippen LogP) is 3.47. The van der Waals surface area contributed by atoms with Gasteiger partial charge in [-0.2, -0.15) is 13.2 Å². The number of fused-ring (bicyclic) bond motifs is 1. The van der Waals surface area contributed by atoms with Crippen molar-refractivity contribution < 1.29 is 13.2 Å². The van der Waals surface area contributed by atoms with Gasteiger partial charge in [-0.05, 0) is 24.0 Å². The molecule has 3 nitrogen and oxygen atoms in total. The molecule has 0 aliphatic carbocycles. The molecule has 1 aromatic heterocycles. The second-order valence-electron chi connectivity index (χ2n) is 5.66. The number of hydrogen-bond donors (Lipinski definition) is 0. The molecule has 6 heteroatoms. The average Bonchev–Trinajstić information content (AvgIpc) is 2.81. The molecule has 3 rings (SSSR count). The molecular formula is C15H16F3N3. The van der Waals surface area contributed by atoms with Gasteiger partial charge in [-0.15, -0.1) is 10.2 Å². The third-order valence-electron chi connectivity index (χ3n) is 3.88. The van der Waals surface area contributed by atoms with E-state index in [1.54, 1.807) is 6.07 Å². The van der Waals surface area contributed by atoms with E-state index in [4.69, 9.17) is 0 Å². The monoisotopic (exact) mass is 295 g/mol. The van der Waals surface area contributed by atoms with Crippen molar-refractivity contribution in [2.45, 2.75) is 38.9 Å². The molecule has 0 amide bonds. The van der Waals surface area contributed by atoms with Crippen molar-refractivity contribution in [1.29, 1.82) is 0 Å². The van der Waals surface area contributed by atoms with Gasteiger partial charge in [0, 0.05) is 19.4 Å². The van der Waals surface area contributed by atoms with Gasteiger partial charge in [0.05, 0.1) is 5.56 Å². The summed E-state index contributed by atoms with van der Waals surface area (Å²) in [6.07, 6.45) is -1.96. The molecule has 2 heterocycles. The normalized spacial score (nSPS) is 18.6. The maximum Gasteiger partial charge on any atom is 0.416 e. The Bertz CT molecular complexity index is 646. The predicted molar refractivity (Wildman–Crippen MR) is 71.8 cm³/mol. The number of rotatable bonds is 2. The minimum absolute atomic E-state index is 0.379. The van der Waals surface area contributed by atoms with E-state index in [2.05, 4.69) is 21.7 Å². The van der Waals surface area contributed by atoms with Crippen LogP contribution in [0.4, 0.5) is 13.2 Å². The third kappa shape index (κ3) is 2.94. The summed E-state index contributed by atoms with van der Waals surface area (Å²) < 4.78 is 40.3. The van der Waals surface area contributed by atoms with Gasteiger partial charge >= 0.3 is 6.18 Å². The number of halogens is 3. The fourth-order valence-electron chi connectivity index (χ4n) is 2.72. The van der Waals surface area contributed by atoms with Crippen LogP contribution in [0, 0.1) is 5.92 Å². The zero-order chi connectivity index (χ0) is 15.0. The van der Waals surface area contributed by atoms with Crippen LogP contribution in [0.25, 0.3) is 0 Å². The Morgan fingerprint density at radius 2 is 2.10 bits per heavy atom. The molecule has 0 N–H and O–H groups in total. The van der Waals surface area contributed by atoms with Crippen molar-refractivity contribution >= 4 is 0 Å². The fourth-order valence-corrected chi connectivity index (χ4v) is 2.72. The van der Waals surface area contributed by atoms with Gasteiger partial charge < -0.3 is 4.57 Å². The van der Waals surface area contributed by atoms with Crippen molar-refractivity contribution in [1.82, 2.24) is 14.8 Å². The number of nitrogens with zero attached hydrogens (tertiary/aromatic N) is 3. The van der Waals surface area contributed by atoms with Gasteiger partial charge in [0.15, 0.2) is 0 Å². The first-order chi connectivity index (χ1) is 9.93.